The van der Waals surface area contributed by atoms with E-state index in [0.717, 1.165) is 25.7 Å². The summed E-state index contributed by atoms with van der Waals surface area (Å²) in [5.74, 6) is -0.756. The van der Waals surface area contributed by atoms with Crippen LogP contribution in [0, 0.1) is 0 Å². The van der Waals surface area contributed by atoms with E-state index in [0.29, 0.717) is 23.6 Å². The summed E-state index contributed by atoms with van der Waals surface area (Å²) in [4.78, 5) is 38.7. The van der Waals surface area contributed by atoms with E-state index >= 15 is 0 Å². The molecular weight excluding hydrogens is 508 g/mol. The summed E-state index contributed by atoms with van der Waals surface area (Å²) in [7, 11) is 0. The minimum Gasteiger partial charge on any atom is -0.489 e. The maximum Gasteiger partial charge on any atom is 0.335 e. The molecule has 1 saturated heterocycles. The Labute approximate surface area is 209 Å². The first-order chi connectivity index (χ1) is 17.0. The van der Waals surface area contributed by atoms with Crippen LogP contribution in [0.15, 0.2) is 101 Å². The number of rotatable bonds is 5. The van der Waals surface area contributed by atoms with Crippen molar-refractivity contribution in [3.63, 3.8) is 0 Å². The summed E-state index contributed by atoms with van der Waals surface area (Å²) in [6.45, 7) is 0.410. The number of amides is 4. The Morgan fingerprint density at radius 3 is 2.31 bits per heavy atom. The van der Waals surface area contributed by atoms with Gasteiger partial charge < -0.3 is 4.74 Å². The first kappa shape index (κ1) is 22.6. The number of halogens is 1. The van der Waals surface area contributed by atoms with Crippen molar-refractivity contribution in [2.45, 2.75) is 6.61 Å². The quantitative estimate of drug-likeness (QED) is 0.261. The monoisotopic (exact) mass is 526 g/mol. The number of barbiturate groups is 1. The van der Waals surface area contributed by atoms with Crippen LogP contribution < -0.4 is 15.0 Å². The molecule has 6 nitrogen and oxygen atoms in total. The molecule has 0 aliphatic carbocycles. The fourth-order valence-corrected chi connectivity index (χ4v) is 4.15. The van der Waals surface area contributed by atoms with Crippen LogP contribution in [-0.4, -0.2) is 17.8 Å². The van der Waals surface area contributed by atoms with E-state index in [1.165, 1.54) is 6.08 Å². The highest BCUT2D eigenvalue weighted by molar-refractivity contribution is 9.10. The molecule has 1 aliphatic rings. The van der Waals surface area contributed by atoms with Crippen LogP contribution in [-0.2, 0) is 16.2 Å². The second-order valence-corrected chi connectivity index (χ2v) is 8.85. The van der Waals surface area contributed by atoms with E-state index < -0.39 is 17.8 Å². The highest BCUT2D eigenvalue weighted by Gasteiger charge is 2.36. The van der Waals surface area contributed by atoms with E-state index in [4.69, 9.17) is 4.74 Å². The molecule has 4 aromatic rings. The predicted molar refractivity (Wildman–Crippen MR) is 138 cm³/mol. The van der Waals surface area contributed by atoms with Gasteiger partial charge in [0.15, 0.2) is 0 Å². The molecule has 35 heavy (non-hydrogen) atoms. The van der Waals surface area contributed by atoms with Crippen molar-refractivity contribution in [1.82, 2.24) is 5.32 Å². The molecule has 4 amide bonds. The molecule has 0 unspecified atom stereocenters. The molecule has 0 radical (unpaired) electrons. The van der Waals surface area contributed by atoms with Gasteiger partial charge in [-0.25, -0.2) is 9.69 Å². The van der Waals surface area contributed by atoms with Gasteiger partial charge in [0.05, 0.1) is 5.69 Å². The number of fused-ring (bicyclic) bond motifs is 1. The molecule has 7 heteroatoms. The highest BCUT2D eigenvalue weighted by atomic mass is 79.9. The van der Waals surface area contributed by atoms with Gasteiger partial charge in [0.1, 0.15) is 17.9 Å². The molecule has 0 bridgehead atoms. The summed E-state index contributed by atoms with van der Waals surface area (Å²) in [6, 6.07) is 27.2. The van der Waals surface area contributed by atoms with Gasteiger partial charge in [-0.2, -0.15) is 0 Å². The van der Waals surface area contributed by atoms with Gasteiger partial charge in [-0.3, -0.25) is 14.9 Å². The maximum absolute atomic E-state index is 13.0. The molecule has 0 spiro atoms. The number of anilines is 1. The van der Waals surface area contributed by atoms with Crippen molar-refractivity contribution in [3.05, 3.63) is 112 Å². The molecule has 0 aromatic heterocycles. The molecule has 1 N–H and O–H groups in total. The molecule has 1 fully saturated rings. The average Bonchev–Trinajstić information content (AvgIpc) is 2.87. The lowest BCUT2D eigenvalue weighted by Crippen LogP contribution is -2.54. The maximum atomic E-state index is 13.0. The zero-order valence-corrected chi connectivity index (χ0v) is 20.0. The van der Waals surface area contributed by atoms with Crippen molar-refractivity contribution in [2.75, 3.05) is 4.90 Å². The molecule has 0 saturated carbocycles. The Kier molecular flexibility index (Phi) is 6.16. The average molecular weight is 527 g/mol. The summed E-state index contributed by atoms with van der Waals surface area (Å²) in [5, 5.41) is 4.53. The number of carbonyl (C=O) groups is 3. The van der Waals surface area contributed by atoms with Gasteiger partial charge in [0.25, 0.3) is 11.8 Å². The molecule has 1 heterocycles. The molecule has 1 aliphatic heterocycles. The Hall–Kier alpha value is -4.23. The number of urea groups is 1. The van der Waals surface area contributed by atoms with Crippen molar-refractivity contribution >= 4 is 56.3 Å². The molecule has 172 valence electrons. The fraction of sp³-hybridized carbons (Fsp3) is 0.0357. The van der Waals surface area contributed by atoms with Crippen LogP contribution >= 0.6 is 15.9 Å². The second-order valence-electron chi connectivity index (χ2n) is 7.93. The van der Waals surface area contributed by atoms with Crippen molar-refractivity contribution in [3.8, 4) is 5.75 Å². The van der Waals surface area contributed by atoms with Crippen LogP contribution in [0.2, 0.25) is 0 Å². The number of hydrogen-bond donors (Lipinski definition) is 1. The summed E-state index contributed by atoms with van der Waals surface area (Å²) >= 11 is 3.33. The lowest BCUT2D eigenvalue weighted by Gasteiger charge is -2.26. The van der Waals surface area contributed by atoms with E-state index in [9.17, 15) is 14.4 Å². The Bertz CT molecular complexity index is 1470. The number of carbonyl (C=O) groups excluding carboxylic acids is 3. The normalized spacial score (nSPS) is 14.9. The number of hydrogen-bond acceptors (Lipinski definition) is 4. The van der Waals surface area contributed by atoms with E-state index in [1.807, 2.05) is 24.3 Å². The largest absolute Gasteiger partial charge is 0.489 e. The SMILES string of the molecule is O=C1NC(=O)N(c2ccc(Br)cc2)C(=O)C1=Cc1ccc(OCc2cccc3ccccc23)cc1. The number of ether oxygens (including phenoxy) is 1. The molecular formula is C28H19BrN2O4. The van der Waals surface area contributed by atoms with Crippen molar-refractivity contribution in [1.29, 1.82) is 0 Å². The van der Waals surface area contributed by atoms with E-state index in [-0.39, 0.29) is 5.57 Å². The summed E-state index contributed by atoms with van der Waals surface area (Å²) in [6.07, 6.45) is 1.46. The zero-order chi connectivity index (χ0) is 24.4. The third kappa shape index (κ3) is 4.72. The minimum atomic E-state index is -0.781. The van der Waals surface area contributed by atoms with Gasteiger partial charge in [0, 0.05) is 4.47 Å². The molecule has 5 rings (SSSR count). The standard InChI is InChI=1S/C28H19BrN2O4/c29-21-10-12-22(13-11-21)31-27(33)25(26(32)30-28(31)34)16-18-8-14-23(15-9-18)35-17-20-6-3-5-19-4-1-2-7-24(19)20/h1-16H,17H2,(H,30,32,34). The zero-order valence-electron chi connectivity index (χ0n) is 18.4. The van der Waals surface area contributed by atoms with Gasteiger partial charge in [-0.1, -0.05) is 70.5 Å². The molecule has 4 aromatic carbocycles. The number of nitrogens with zero attached hydrogens (tertiary/aromatic N) is 1. The van der Waals surface area contributed by atoms with Gasteiger partial charge in [0.2, 0.25) is 0 Å². The summed E-state index contributed by atoms with van der Waals surface area (Å²) in [5.41, 5.74) is 1.95. The first-order valence-corrected chi connectivity index (χ1v) is 11.7. The fourth-order valence-electron chi connectivity index (χ4n) is 3.89. The number of nitrogens with one attached hydrogen (secondary N) is 1. The Morgan fingerprint density at radius 1 is 0.829 bits per heavy atom. The van der Waals surface area contributed by atoms with Crippen LogP contribution in [0.3, 0.4) is 0 Å². The van der Waals surface area contributed by atoms with Gasteiger partial charge in [-0.15, -0.1) is 0 Å². The van der Waals surface area contributed by atoms with E-state index in [1.54, 1.807) is 48.5 Å². The van der Waals surface area contributed by atoms with Gasteiger partial charge >= 0.3 is 6.03 Å². The topological polar surface area (TPSA) is 75.7 Å². The minimum absolute atomic E-state index is 0.128. The first-order valence-electron chi connectivity index (χ1n) is 10.9. The lowest BCUT2D eigenvalue weighted by molar-refractivity contribution is -0.122. The number of imide groups is 2. The highest BCUT2D eigenvalue weighted by Crippen LogP contribution is 2.25. The number of benzene rings is 4. The van der Waals surface area contributed by atoms with E-state index in [2.05, 4.69) is 39.4 Å². The van der Waals surface area contributed by atoms with Crippen LogP contribution in [0.25, 0.3) is 16.8 Å². The predicted octanol–water partition coefficient (Wildman–Crippen LogP) is 5.85. The smallest absolute Gasteiger partial charge is 0.335 e. The second kappa shape index (κ2) is 9.56. The van der Waals surface area contributed by atoms with Crippen LogP contribution in [0.5, 0.6) is 5.75 Å². The molecule has 0 atom stereocenters. The Morgan fingerprint density at radius 2 is 1.54 bits per heavy atom. The third-order valence-corrected chi connectivity index (χ3v) is 6.18. The van der Waals surface area contributed by atoms with Crippen LogP contribution in [0.1, 0.15) is 11.1 Å². The van der Waals surface area contributed by atoms with Gasteiger partial charge in [-0.05, 0) is 64.4 Å². The van der Waals surface area contributed by atoms with Crippen molar-refractivity contribution < 1.29 is 19.1 Å². The Balaban J connectivity index is 1.33. The van der Waals surface area contributed by atoms with Crippen LogP contribution in [0.4, 0.5) is 10.5 Å². The lowest BCUT2D eigenvalue weighted by atomic mass is 10.1. The third-order valence-electron chi connectivity index (χ3n) is 5.65. The van der Waals surface area contributed by atoms with Crippen molar-refractivity contribution in [2.24, 2.45) is 0 Å². The summed E-state index contributed by atoms with van der Waals surface area (Å²) < 4.78 is 6.77.